The summed E-state index contributed by atoms with van der Waals surface area (Å²) in [6, 6.07) is 10.5. The molecule has 1 aliphatic rings. The maximum absolute atomic E-state index is 10.8. The van der Waals surface area contributed by atoms with Gasteiger partial charge >= 0.3 is 0 Å². The molecule has 140 valence electrons. The average molecular weight is 368 g/mol. The molecule has 0 spiro atoms. The first kappa shape index (κ1) is 17.4. The van der Waals surface area contributed by atoms with E-state index in [4.69, 9.17) is 8.94 Å². The lowest BCUT2D eigenvalue weighted by atomic mass is 10.2. The fourth-order valence-electron chi connectivity index (χ4n) is 3.53. The molecule has 1 fully saturated rings. The molecule has 2 aromatic heterocycles. The van der Waals surface area contributed by atoms with Crippen LogP contribution in [-0.2, 0) is 13.1 Å². The molecule has 1 aromatic carbocycles. The Bertz CT molecular complexity index is 883. The smallest absolute Gasteiger partial charge is 0.269 e. The number of hydrogen-bond acceptors (Lipinski definition) is 7. The average Bonchev–Trinajstić information content (AvgIpc) is 3.44. The molecule has 1 saturated carbocycles. The summed E-state index contributed by atoms with van der Waals surface area (Å²) in [5, 5.41) is 14.8. The van der Waals surface area contributed by atoms with E-state index in [9.17, 15) is 10.1 Å². The number of aromatic nitrogens is 2. The molecule has 3 aromatic rings. The van der Waals surface area contributed by atoms with Gasteiger partial charge in [-0.05, 0) is 37.1 Å². The van der Waals surface area contributed by atoms with Crippen molar-refractivity contribution in [2.45, 2.75) is 44.8 Å². The van der Waals surface area contributed by atoms with Crippen molar-refractivity contribution >= 4 is 5.69 Å². The highest BCUT2D eigenvalue weighted by molar-refractivity contribution is 5.56. The third-order valence-electron chi connectivity index (χ3n) is 4.92. The number of benzene rings is 1. The Kier molecular flexibility index (Phi) is 4.97. The lowest BCUT2D eigenvalue weighted by molar-refractivity contribution is -0.384. The topological polar surface area (TPSA) is 98.4 Å². The van der Waals surface area contributed by atoms with Gasteiger partial charge in [0.05, 0.1) is 24.3 Å². The summed E-state index contributed by atoms with van der Waals surface area (Å²) >= 11 is 0. The molecule has 0 radical (unpaired) electrons. The van der Waals surface area contributed by atoms with Crippen LogP contribution in [0.4, 0.5) is 5.69 Å². The second kappa shape index (κ2) is 7.71. The zero-order valence-electron chi connectivity index (χ0n) is 14.8. The van der Waals surface area contributed by atoms with Crippen LogP contribution in [0.3, 0.4) is 0 Å². The standard InChI is InChI=1S/C19H20N4O4/c24-23(25)16-9-7-14(8-10-16)19-20-18(27-21-19)13-22(15-4-1-2-5-15)12-17-6-3-11-26-17/h3,6-11,15H,1-2,4-5,12-13H2. The third kappa shape index (κ3) is 4.06. The fourth-order valence-corrected chi connectivity index (χ4v) is 3.53. The van der Waals surface area contributed by atoms with Crippen molar-refractivity contribution in [1.82, 2.24) is 15.0 Å². The minimum Gasteiger partial charge on any atom is -0.468 e. The zero-order valence-corrected chi connectivity index (χ0v) is 14.8. The lowest BCUT2D eigenvalue weighted by Crippen LogP contribution is -2.32. The fraction of sp³-hybridized carbons (Fsp3) is 0.368. The third-order valence-corrected chi connectivity index (χ3v) is 4.92. The van der Waals surface area contributed by atoms with E-state index < -0.39 is 4.92 Å². The molecular weight excluding hydrogens is 348 g/mol. The zero-order chi connectivity index (χ0) is 18.6. The Balaban J connectivity index is 1.49. The molecule has 0 aliphatic heterocycles. The van der Waals surface area contributed by atoms with Crippen LogP contribution in [0.15, 0.2) is 51.6 Å². The van der Waals surface area contributed by atoms with Gasteiger partial charge in [0.2, 0.25) is 11.7 Å². The molecule has 0 N–H and O–H groups in total. The van der Waals surface area contributed by atoms with Gasteiger partial charge < -0.3 is 8.94 Å². The minimum absolute atomic E-state index is 0.0355. The van der Waals surface area contributed by atoms with Crippen molar-refractivity contribution in [2.24, 2.45) is 0 Å². The van der Waals surface area contributed by atoms with Gasteiger partial charge in [-0.2, -0.15) is 4.98 Å². The summed E-state index contributed by atoms with van der Waals surface area (Å²) in [4.78, 5) is 17.1. The first-order valence-electron chi connectivity index (χ1n) is 9.03. The number of furan rings is 1. The molecule has 0 atom stereocenters. The largest absolute Gasteiger partial charge is 0.468 e. The second-order valence-corrected chi connectivity index (χ2v) is 6.74. The predicted molar refractivity (Wildman–Crippen MR) is 96.6 cm³/mol. The molecule has 2 heterocycles. The van der Waals surface area contributed by atoms with Gasteiger partial charge in [0.15, 0.2) is 0 Å². The van der Waals surface area contributed by atoms with Gasteiger partial charge in [0.25, 0.3) is 5.69 Å². The van der Waals surface area contributed by atoms with Crippen molar-refractivity contribution < 1.29 is 13.9 Å². The Labute approximate surface area is 155 Å². The van der Waals surface area contributed by atoms with E-state index in [1.807, 2.05) is 12.1 Å². The molecule has 4 rings (SSSR count). The number of nitro groups is 1. The minimum atomic E-state index is -0.431. The maximum Gasteiger partial charge on any atom is 0.269 e. The number of non-ortho nitro benzene ring substituents is 1. The van der Waals surface area contributed by atoms with Gasteiger partial charge in [-0.1, -0.05) is 18.0 Å². The van der Waals surface area contributed by atoms with Crippen LogP contribution in [0.2, 0.25) is 0 Å². The highest BCUT2D eigenvalue weighted by atomic mass is 16.6. The van der Waals surface area contributed by atoms with E-state index in [2.05, 4.69) is 15.0 Å². The Morgan fingerprint density at radius 1 is 1.15 bits per heavy atom. The predicted octanol–water partition coefficient (Wildman–Crippen LogP) is 4.18. The van der Waals surface area contributed by atoms with Crippen LogP contribution in [0.5, 0.6) is 0 Å². The first-order chi connectivity index (χ1) is 13.2. The Hall–Kier alpha value is -3.00. The molecule has 1 aliphatic carbocycles. The molecule has 0 unspecified atom stereocenters. The molecule has 0 saturated heterocycles. The van der Waals surface area contributed by atoms with E-state index in [1.54, 1.807) is 18.4 Å². The number of hydrogen-bond donors (Lipinski definition) is 0. The van der Waals surface area contributed by atoms with Crippen molar-refractivity contribution in [3.63, 3.8) is 0 Å². The van der Waals surface area contributed by atoms with E-state index in [-0.39, 0.29) is 5.69 Å². The van der Waals surface area contributed by atoms with Crippen LogP contribution in [0, 0.1) is 10.1 Å². The summed E-state index contributed by atoms with van der Waals surface area (Å²) in [6.45, 7) is 1.25. The SMILES string of the molecule is O=[N+]([O-])c1ccc(-c2noc(CN(Cc3ccco3)C3CCCC3)n2)cc1. The molecule has 27 heavy (non-hydrogen) atoms. The molecule has 0 amide bonds. The monoisotopic (exact) mass is 368 g/mol. The van der Waals surface area contributed by atoms with E-state index in [0.29, 0.717) is 36.4 Å². The molecule has 8 heteroatoms. The highest BCUT2D eigenvalue weighted by Crippen LogP contribution is 2.27. The first-order valence-corrected chi connectivity index (χ1v) is 9.03. The van der Waals surface area contributed by atoms with E-state index >= 15 is 0 Å². The summed E-state index contributed by atoms with van der Waals surface area (Å²) in [6.07, 6.45) is 6.46. The van der Waals surface area contributed by atoms with Gasteiger partial charge in [0.1, 0.15) is 5.76 Å². The van der Waals surface area contributed by atoms with E-state index in [1.165, 1.54) is 25.0 Å². The number of rotatable bonds is 7. The van der Waals surface area contributed by atoms with Gasteiger partial charge in [0, 0.05) is 23.7 Å². The van der Waals surface area contributed by atoms with Gasteiger partial charge in [-0.15, -0.1) is 0 Å². The van der Waals surface area contributed by atoms with Crippen LogP contribution in [0.25, 0.3) is 11.4 Å². The normalized spacial score (nSPS) is 14.9. The van der Waals surface area contributed by atoms with Crippen molar-refractivity contribution in [3.05, 3.63) is 64.4 Å². The molecular formula is C19H20N4O4. The van der Waals surface area contributed by atoms with Crippen LogP contribution >= 0.6 is 0 Å². The van der Waals surface area contributed by atoms with E-state index in [0.717, 1.165) is 18.6 Å². The number of nitrogens with zero attached hydrogens (tertiary/aromatic N) is 4. The summed E-state index contributed by atoms with van der Waals surface area (Å²) in [5.74, 6) is 1.88. The van der Waals surface area contributed by atoms with Crippen LogP contribution in [-0.4, -0.2) is 26.0 Å². The second-order valence-electron chi connectivity index (χ2n) is 6.74. The summed E-state index contributed by atoms with van der Waals surface area (Å²) in [7, 11) is 0. The Morgan fingerprint density at radius 3 is 2.59 bits per heavy atom. The maximum atomic E-state index is 10.8. The number of nitro benzene ring substituents is 1. The van der Waals surface area contributed by atoms with Crippen molar-refractivity contribution in [1.29, 1.82) is 0 Å². The van der Waals surface area contributed by atoms with Gasteiger partial charge in [-0.25, -0.2) is 0 Å². The summed E-state index contributed by atoms with van der Waals surface area (Å²) < 4.78 is 10.9. The van der Waals surface area contributed by atoms with Crippen molar-refractivity contribution in [3.8, 4) is 11.4 Å². The van der Waals surface area contributed by atoms with Crippen LogP contribution < -0.4 is 0 Å². The summed E-state index contributed by atoms with van der Waals surface area (Å²) in [5.41, 5.74) is 0.724. The van der Waals surface area contributed by atoms with Crippen LogP contribution in [0.1, 0.15) is 37.3 Å². The van der Waals surface area contributed by atoms with Crippen molar-refractivity contribution in [2.75, 3.05) is 0 Å². The van der Waals surface area contributed by atoms with Gasteiger partial charge in [-0.3, -0.25) is 15.0 Å². The highest BCUT2D eigenvalue weighted by Gasteiger charge is 2.25. The molecule has 8 nitrogen and oxygen atoms in total. The lowest BCUT2D eigenvalue weighted by Gasteiger charge is -2.26. The Morgan fingerprint density at radius 2 is 1.93 bits per heavy atom. The quantitative estimate of drug-likeness (QED) is 0.455. The molecule has 0 bridgehead atoms.